The summed E-state index contributed by atoms with van der Waals surface area (Å²) >= 11 is 0. The number of ether oxygens (including phenoxy) is 1. The standard InChI is InChI=1S/C9H11NO5/c1-3-7(11)10-6(2)15-9(14)5-4-8(12)13/h3-6H,1H2,2H3,(H,10,11)(H,12,13)/b5-4-. The number of nitrogens with one attached hydrogen (secondary N) is 1. The maximum atomic E-state index is 10.9. The maximum Gasteiger partial charge on any atom is 0.332 e. The first-order valence-electron chi connectivity index (χ1n) is 4.00. The van der Waals surface area contributed by atoms with E-state index in [0.29, 0.717) is 6.08 Å². The molecule has 0 aromatic rings. The van der Waals surface area contributed by atoms with Crippen molar-refractivity contribution in [2.75, 3.05) is 0 Å². The molecule has 1 atom stereocenters. The summed E-state index contributed by atoms with van der Waals surface area (Å²) in [7, 11) is 0. The third-order valence-corrected chi connectivity index (χ3v) is 1.19. The molecule has 0 aliphatic carbocycles. The number of hydrogen-bond acceptors (Lipinski definition) is 4. The van der Waals surface area contributed by atoms with Gasteiger partial charge in [-0.3, -0.25) is 4.79 Å². The normalized spacial score (nSPS) is 11.8. The van der Waals surface area contributed by atoms with Crippen LogP contribution in [0.3, 0.4) is 0 Å². The van der Waals surface area contributed by atoms with E-state index in [1.165, 1.54) is 6.92 Å². The molecule has 15 heavy (non-hydrogen) atoms. The maximum absolute atomic E-state index is 10.9. The van der Waals surface area contributed by atoms with Gasteiger partial charge in [-0.05, 0) is 13.0 Å². The van der Waals surface area contributed by atoms with E-state index in [2.05, 4.69) is 16.6 Å². The van der Waals surface area contributed by atoms with Crippen molar-refractivity contribution < 1.29 is 24.2 Å². The molecule has 6 heteroatoms. The van der Waals surface area contributed by atoms with Gasteiger partial charge in [-0.2, -0.15) is 0 Å². The molecule has 1 amide bonds. The van der Waals surface area contributed by atoms with Crippen LogP contribution in [0.1, 0.15) is 6.92 Å². The highest BCUT2D eigenvalue weighted by molar-refractivity contribution is 5.91. The lowest BCUT2D eigenvalue weighted by atomic mass is 10.5. The van der Waals surface area contributed by atoms with E-state index in [1.807, 2.05) is 0 Å². The Bertz CT molecular complexity index is 308. The average Bonchev–Trinajstić information content (AvgIpc) is 2.14. The van der Waals surface area contributed by atoms with Crippen LogP contribution < -0.4 is 5.32 Å². The van der Waals surface area contributed by atoms with Crippen molar-refractivity contribution in [3.63, 3.8) is 0 Å². The molecule has 0 bridgehead atoms. The van der Waals surface area contributed by atoms with Crippen LogP contribution in [0.25, 0.3) is 0 Å². The van der Waals surface area contributed by atoms with Crippen LogP contribution in [0.15, 0.2) is 24.8 Å². The van der Waals surface area contributed by atoms with Gasteiger partial charge in [0, 0.05) is 12.2 Å². The minimum Gasteiger partial charge on any atom is -0.478 e. The molecule has 0 aliphatic heterocycles. The number of rotatable bonds is 5. The first-order chi connectivity index (χ1) is 6.95. The molecule has 0 aromatic heterocycles. The summed E-state index contributed by atoms with van der Waals surface area (Å²) in [6, 6.07) is 0. The van der Waals surface area contributed by atoms with Gasteiger partial charge in [0.15, 0.2) is 6.23 Å². The van der Waals surface area contributed by atoms with Crippen molar-refractivity contribution in [3.05, 3.63) is 24.8 Å². The predicted octanol–water partition coefficient (Wildman–Crippen LogP) is -0.181. The summed E-state index contributed by atoms with van der Waals surface area (Å²) in [6.45, 7) is 4.63. The Kier molecular flexibility index (Phi) is 5.47. The van der Waals surface area contributed by atoms with Crippen LogP contribution in [0.2, 0.25) is 0 Å². The third-order valence-electron chi connectivity index (χ3n) is 1.19. The van der Waals surface area contributed by atoms with Crippen molar-refractivity contribution in [1.82, 2.24) is 5.32 Å². The van der Waals surface area contributed by atoms with Crippen LogP contribution in [-0.4, -0.2) is 29.2 Å². The van der Waals surface area contributed by atoms with Gasteiger partial charge in [-0.1, -0.05) is 6.58 Å². The van der Waals surface area contributed by atoms with Gasteiger partial charge in [-0.25, -0.2) is 9.59 Å². The van der Waals surface area contributed by atoms with Crippen LogP contribution in [0, 0.1) is 0 Å². The summed E-state index contributed by atoms with van der Waals surface area (Å²) in [5.41, 5.74) is 0. The number of amides is 1. The SMILES string of the molecule is C=CC(=O)NC(C)OC(=O)/C=C\C(=O)O. The molecule has 2 N–H and O–H groups in total. The molecular formula is C9H11NO5. The Labute approximate surface area is 86.2 Å². The number of carboxylic acids is 1. The molecular weight excluding hydrogens is 202 g/mol. The fourth-order valence-corrected chi connectivity index (χ4v) is 0.642. The molecule has 0 saturated carbocycles. The molecule has 0 radical (unpaired) electrons. The summed E-state index contributed by atoms with van der Waals surface area (Å²) in [6.07, 6.45) is 1.57. The highest BCUT2D eigenvalue weighted by Gasteiger charge is 2.07. The lowest BCUT2D eigenvalue weighted by Crippen LogP contribution is -2.34. The fraction of sp³-hybridized carbons (Fsp3) is 0.222. The Morgan fingerprint density at radius 2 is 2.00 bits per heavy atom. The number of hydrogen-bond donors (Lipinski definition) is 2. The van der Waals surface area contributed by atoms with Crippen molar-refractivity contribution in [2.45, 2.75) is 13.2 Å². The molecule has 0 fully saturated rings. The quantitative estimate of drug-likeness (QED) is 0.375. The molecule has 6 nitrogen and oxygen atoms in total. The molecule has 0 heterocycles. The van der Waals surface area contributed by atoms with Gasteiger partial charge in [0.1, 0.15) is 0 Å². The van der Waals surface area contributed by atoms with Crippen molar-refractivity contribution in [3.8, 4) is 0 Å². The fourth-order valence-electron chi connectivity index (χ4n) is 0.642. The summed E-state index contributed by atoms with van der Waals surface area (Å²) in [4.78, 5) is 31.7. The number of carbonyl (C=O) groups excluding carboxylic acids is 2. The van der Waals surface area contributed by atoms with E-state index in [4.69, 9.17) is 5.11 Å². The van der Waals surface area contributed by atoms with Gasteiger partial charge in [-0.15, -0.1) is 0 Å². The minimum absolute atomic E-state index is 0.488. The van der Waals surface area contributed by atoms with Gasteiger partial charge in [0.2, 0.25) is 5.91 Å². The topological polar surface area (TPSA) is 92.7 Å². The molecule has 82 valence electrons. The van der Waals surface area contributed by atoms with E-state index in [0.717, 1.165) is 12.2 Å². The first-order valence-corrected chi connectivity index (χ1v) is 4.00. The third kappa shape index (κ3) is 7.00. The second-order valence-electron chi connectivity index (χ2n) is 2.46. The lowest BCUT2D eigenvalue weighted by molar-refractivity contribution is -0.145. The second kappa shape index (κ2) is 6.36. The van der Waals surface area contributed by atoms with Crippen molar-refractivity contribution >= 4 is 17.8 Å². The van der Waals surface area contributed by atoms with E-state index in [-0.39, 0.29) is 0 Å². The zero-order valence-corrected chi connectivity index (χ0v) is 8.10. The first kappa shape index (κ1) is 12.9. The zero-order valence-electron chi connectivity index (χ0n) is 8.10. The molecule has 0 aromatic carbocycles. The van der Waals surface area contributed by atoms with Crippen LogP contribution in [0.5, 0.6) is 0 Å². The number of esters is 1. The molecule has 0 rings (SSSR count). The predicted molar refractivity (Wildman–Crippen MR) is 50.7 cm³/mol. The van der Waals surface area contributed by atoms with E-state index >= 15 is 0 Å². The largest absolute Gasteiger partial charge is 0.478 e. The van der Waals surface area contributed by atoms with E-state index < -0.39 is 24.1 Å². The number of carboxylic acid groups (broad SMARTS) is 1. The summed E-state index contributed by atoms with van der Waals surface area (Å²) < 4.78 is 4.60. The molecule has 0 aliphatic rings. The Morgan fingerprint density at radius 3 is 2.47 bits per heavy atom. The van der Waals surface area contributed by atoms with Crippen LogP contribution in [0.4, 0.5) is 0 Å². The summed E-state index contributed by atoms with van der Waals surface area (Å²) in [5.74, 6) is -2.60. The van der Waals surface area contributed by atoms with Gasteiger partial charge in [0.05, 0.1) is 0 Å². The van der Waals surface area contributed by atoms with Crippen molar-refractivity contribution in [1.29, 1.82) is 0 Å². The van der Waals surface area contributed by atoms with Crippen LogP contribution >= 0.6 is 0 Å². The van der Waals surface area contributed by atoms with Gasteiger partial charge in [0.25, 0.3) is 0 Å². The molecule has 0 spiro atoms. The summed E-state index contributed by atoms with van der Waals surface area (Å²) in [5, 5.41) is 10.5. The highest BCUT2D eigenvalue weighted by atomic mass is 16.6. The average molecular weight is 213 g/mol. The monoisotopic (exact) mass is 213 g/mol. The number of carbonyl (C=O) groups is 3. The second-order valence-corrected chi connectivity index (χ2v) is 2.46. The van der Waals surface area contributed by atoms with Gasteiger partial charge < -0.3 is 15.2 Å². The van der Waals surface area contributed by atoms with Crippen LogP contribution in [-0.2, 0) is 19.1 Å². The Hall–Kier alpha value is -2.11. The lowest BCUT2D eigenvalue weighted by Gasteiger charge is -2.11. The van der Waals surface area contributed by atoms with Gasteiger partial charge >= 0.3 is 11.9 Å². The smallest absolute Gasteiger partial charge is 0.332 e. The Balaban J connectivity index is 4.01. The number of aliphatic carboxylic acids is 1. The molecule has 0 saturated heterocycles. The van der Waals surface area contributed by atoms with Crippen molar-refractivity contribution in [2.24, 2.45) is 0 Å². The highest BCUT2D eigenvalue weighted by Crippen LogP contribution is 1.89. The van der Waals surface area contributed by atoms with E-state index in [1.54, 1.807) is 0 Å². The Morgan fingerprint density at radius 1 is 1.40 bits per heavy atom. The minimum atomic E-state index is -1.25. The zero-order chi connectivity index (χ0) is 11.8. The van der Waals surface area contributed by atoms with E-state index in [9.17, 15) is 14.4 Å². The molecule has 1 unspecified atom stereocenters.